The van der Waals surface area contributed by atoms with Gasteiger partial charge in [0.1, 0.15) is 5.75 Å². The van der Waals surface area contributed by atoms with Crippen molar-refractivity contribution >= 4 is 45.5 Å². The summed E-state index contributed by atoms with van der Waals surface area (Å²) in [5.74, 6) is 0.469. The number of carbonyl (C=O) groups is 1. The zero-order chi connectivity index (χ0) is 16.4. The minimum Gasteiger partial charge on any atom is -0.496 e. The van der Waals surface area contributed by atoms with E-state index in [9.17, 15) is 4.79 Å². The molecule has 0 N–H and O–H groups in total. The van der Waals surface area contributed by atoms with Gasteiger partial charge in [0.2, 0.25) is 5.90 Å². The lowest BCUT2D eigenvalue weighted by Gasteiger charge is -2.05. The lowest BCUT2D eigenvalue weighted by atomic mass is 10.2. The number of cyclic esters (lactones) is 1. The molecular formula is C17H11BrClNO3. The van der Waals surface area contributed by atoms with Crippen LogP contribution in [0.25, 0.3) is 6.08 Å². The molecule has 0 radical (unpaired) electrons. The number of benzene rings is 2. The summed E-state index contributed by atoms with van der Waals surface area (Å²) in [4.78, 5) is 16.2. The predicted octanol–water partition coefficient (Wildman–Crippen LogP) is 4.46. The summed E-state index contributed by atoms with van der Waals surface area (Å²) < 4.78 is 11.2. The van der Waals surface area contributed by atoms with Crippen molar-refractivity contribution in [2.75, 3.05) is 7.11 Å². The Morgan fingerprint density at radius 1 is 1.22 bits per heavy atom. The third-order valence-electron chi connectivity index (χ3n) is 3.19. The molecule has 6 heteroatoms. The summed E-state index contributed by atoms with van der Waals surface area (Å²) in [6, 6.07) is 12.5. The minimum absolute atomic E-state index is 0.245. The Labute approximate surface area is 146 Å². The van der Waals surface area contributed by atoms with Gasteiger partial charge in [-0.05, 0) is 57.9 Å². The van der Waals surface area contributed by atoms with Crippen LogP contribution >= 0.6 is 27.5 Å². The Balaban J connectivity index is 1.92. The molecule has 1 heterocycles. The van der Waals surface area contributed by atoms with Gasteiger partial charge in [-0.2, -0.15) is 0 Å². The Bertz CT molecular complexity index is 828. The highest BCUT2D eigenvalue weighted by molar-refractivity contribution is 9.10. The number of esters is 1. The van der Waals surface area contributed by atoms with Crippen molar-refractivity contribution in [2.45, 2.75) is 0 Å². The van der Waals surface area contributed by atoms with Crippen LogP contribution in [0.1, 0.15) is 11.1 Å². The van der Waals surface area contributed by atoms with E-state index in [1.165, 1.54) is 0 Å². The second-order valence-electron chi connectivity index (χ2n) is 4.74. The first-order valence-corrected chi connectivity index (χ1v) is 7.86. The third kappa shape index (κ3) is 3.46. The van der Waals surface area contributed by atoms with E-state index in [0.29, 0.717) is 16.3 Å². The molecule has 0 unspecified atom stereocenters. The zero-order valence-corrected chi connectivity index (χ0v) is 14.4. The Morgan fingerprint density at radius 2 is 1.96 bits per heavy atom. The first kappa shape index (κ1) is 15.8. The average molecular weight is 393 g/mol. The number of carbonyl (C=O) groups excluding carboxylic acids is 1. The van der Waals surface area contributed by atoms with E-state index in [4.69, 9.17) is 21.1 Å². The zero-order valence-electron chi connectivity index (χ0n) is 12.0. The molecule has 0 aromatic heterocycles. The SMILES string of the molecule is COc1ccc(C2=N/C(=C/c3ccc(Cl)cc3)C(=O)O2)cc1Br. The van der Waals surface area contributed by atoms with Gasteiger partial charge in [0.15, 0.2) is 5.70 Å². The minimum atomic E-state index is -0.484. The van der Waals surface area contributed by atoms with Crippen LogP contribution in [-0.2, 0) is 9.53 Å². The molecule has 0 fully saturated rings. The van der Waals surface area contributed by atoms with E-state index < -0.39 is 5.97 Å². The van der Waals surface area contributed by atoms with Crippen LogP contribution < -0.4 is 4.74 Å². The summed E-state index contributed by atoms with van der Waals surface area (Å²) >= 11 is 9.24. The van der Waals surface area contributed by atoms with Gasteiger partial charge in [-0.1, -0.05) is 23.7 Å². The van der Waals surface area contributed by atoms with E-state index in [1.54, 1.807) is 55.7 Å². The molecule has 0 amide bonds. The summed E-state index contributed by atoms with van der Waals surface area (Å²) in [6.45, 7) is 0. The molecule has 4 nitrogen and oxygen atoms in total. The Morgan fingerprint density at radius 3 is 2.61 bits per heavy atom. The summed E-state index contributed by atoms with van der Waals surface area (Å²) in [5, 5.41) is 0.633. The first-order chi connectivity index (χ1) is 11.1. The van der Waals surface area contributed by atoms with Gasteiger partial charge in [-0.15, -0.1) is 0 Å². The lowest BCUT2D eigenvalue weighted by Crippen LogP contribution is -2.05. The molecule has 23 heavy (non-hydrogen) atoms. The van der Waals surface area contributed by atoms with Crippen LogP contribution in [0.5, 0.6) is 5.75 Å². The number of hydrogen-bond donors (Lipinski definition) is 0. The number of ether oxygens (including phenoxy) is 2. The van der Waals surface area contributed by atoms with Crippen LogP contribution in [0.15, 0.2) is 57.6 Å². The van der Waals surface area contributed by atoms with Crippen molar-refractivity contribution in [2.24, 2.45) is 4.99 Å². The highest BCUT2D eigenvalue weighted by Crippen LogP contribution is 2.28. The van der Waals surface area contributed by atoms with Gasteiger partial charge in [0.25, 0.3) is 0 Å². The van der Waals surface area contributed by atoms with E-state index in [-0.39, 0.29) is 11.6 Å². The maximum Gasteiger partial charge on any atom is 0.363 e. The van der Waals surface area contributed by atoms with Crippen LogP contribution in [0, 0.1) is 0 Å². The van der Waals surface area contributed by atoms with Crippen molar-refractivity contribution in [3.8, 4) is 5.75 Å². The predicted molar refractivity (Wildman–Crippen MR) is 92.8 cm³/mol. The molecule has 3 rings (SSSR count). The average Bonchev–Trinajstić information content (AvgIpc) is 2.90. The van der Waals surface area contributed by atoms with Gasteiger partial charge in [0.05, 0.1) is 11.6 Å². The first-order valence-electron chi connectivity index (χ1n) is 6.69. The summed E-state index contributed by atoms with van der Waals surface area (Å²) in [7, 11) is 1.58. The standard InChI is InChI=1S/C17H11BrClNO3/c1-22-15-7-4-11(9-13(15)18)16-20-14(17(21)23-16)8-10-2-5-12(19)6-3-10/h2-9H,1H3/b14-8+. The fourth-order valence-electron chi connectivity index (χ4n) is 2.05. The van der Waals surface area contributed by atoms with E-state index in [2.05, 4.69) is 20.9 Å². The highest BCUT2D eigenvalue weighted by atomic mass is 79.9. The topological polar surface area (TPSA) is 47.9 Å². The van der Waals surface area contributed by atoms with Gasteiger partial charge >= 0.3 is 5.97 Å². The molecule has 2 aromatic carbocycles. The van der Waals surface area contributed by atoms with E-state index >= 15 is 0 Å². The number of nitrogens with zero attached hydrogens (tertiary/aromatic N) is 1. The van der Waals surface area contributed by atoms with Crippen molar-refractivity contribution in [1.29, 1.82) is 0 Å². The van der Waals surface area contributed by atoms with Crippen molar-refractivity contribution in [1.82, 2.24) is 0 Å². The summed E-state index contributed by atoms with van der Waals surface area (Å²) in [5.41, 5.74) is 1.75. The third-order valence-corrected chi connectivity index (χ3v) is 4.06. The van der Waals surface area contributed by atoms with Crippen LogP contribution in [-0.4, -0.2) is 19.0 Å². The second-order valence-corrected chi connectivity index (χ2v) is 6.03. The number of halogens is 2. The number of aliphatic imine (C=N–C) groups is 1. The van der Waals surface area contributed by atoms with Gasteiger partial charge in [0, 0.05) is 10.6 Å². The van der Waals surface area contributed by atoms with Crippen LogP contribution in [0.2, 0.25) is 5.02 Å². The second kappa shape index (κ2) is 6.56. The van der Waals surface area contributed by atoms with Gasteiger partial charge in [-0.25, -0.2) is 9.79 Å². The fraction of sp³-hybridized carbons (Fsp3) is 0.0588. The molecule has 116 valence electrons. The maximum atomic E-state index is 12.0. The molecule has 1 aliphatic rings. The monoisotopic (exact) mass is 391 g/mol. The molecule has 0 bridgehead atoms. The molecule has 0 saturated heterocycles. The molecule has 1 aliphatic heterocycles. The van der Waals surface area contributed by atoms with Crippen LogP contribution in [0.4, 0.5) is 0 Å². The largest absolute Gasteiger partial charge is 0.496 e. The quantitative estimate of drug-likeness (QED) is 0.572. The maximum absolute atomic E-state index is 12.0. The normalized spacial score (nSPS) is 15.5. The molecule has 0 atom stereocenters. The van der Waals surface area contributed by atoms with Crippen molar-refractivity contribution < 1.29 is 14.3 Å². The van der Waals surface area contributed by atoms with E-state index in [0.717, 1.165) is 10.0 Å². The molecule has 0 spiro atoms. The summed E-state index contributed by atoms with van der Waals surface area (Å²) in [6.07, 6.45) is 1.66. The lowest BCUT2D eigenvalue weighted by molar-refractivity contribution is -0.129. The number of hydrogen-bond acceptors (Lipinski definition) is 4. The Kier molecular flexibility index (Phi) is 4.50. The van der Waals surface area contributed by atoms with Crippen molar-refractivity contribution in [3.05, 3.63) is 68.8 Å². The molecule has 2 aromatic rings. The molecule has 0 aliphatic carbocycles. The van der Waals surface area contributed by atoms with Gasteiger partial charge < -0.3 is 9.47 Å². The highest BCUT2D eigenvalue weighted by Gasteiger charge is 2.24. The van der Waals surface area contributed by atoms with Crippen molar-refractivity contribution in [3.63, 3.8) is 0 Å². The Hall–Kier alpha value is -2.11. The number of rotatable bonds is 3. The van der Waals surface area contributed by atoms with Crippen LogP contribution in [0.3, 0.4) is 0 Å². The fourth-order valence-corrected chi connectivity index (χ4v) is 2.72. The number of methoxy groups -OCH3 is 1. The molecule has 0 saturated carbocycles. The van der Waals surface area contributed by atoms with Gasteiger partial charge in [-0.3, -0.25) is 0 Å². The van der Waals surface area contributed by atoms with E-state index in [1.807, 2.05) is 0 Å². The molecular weight excluding hydrogens is 382 g/mol. The smallest absolute Gasteiger partial charge is 0.363 e.